The van der Waals surface area contributed by atoms with Gasteiger partial charge in [0.2, 0.25) is 0 Å². The SMILES string of the molecule is Cc1ccc(-c2cs[c]n2)nc1. The molecule has 2 heterocycles. The molecule has 0 unspecified atom stereocenters. The highest BCUT2D eigenvalue weighted by Crippen LogP contribution is 2.15. The van der Waals surface area contributed by atoms with E-state index in [0.29, 0.717) is 0 Å². The maximum Gasteiger partial charge on any atom is 0.152 e. The van der Waals surface area contributed by atoms with Crippen molar-refractivity contribution >= 4 is 11.3 Å². The van der Waals surface area contributed by atoms with E-state index in [1.807, 2.05) is 30.6 Å². The second-order valence-corrected chi connectivity index (χ2v) is 3.20. The first-order valence-corrected chi connectivity index (χ1v) is 4.49. The van der Waals surface area contributed by atoms with Crippen molar-refractivity contribution in [1.82, 2.24) is 9.97 Å². The van der Waals surface area contributed by atoms with Gasteiger partial charge in [-0.3, -0.25) is 4.98 Å². The highest BCUT2D eigenvalue weighted by molar-refractivity contribution is 7.07. The van der Waals surface area contributed by atoms with Crippen LogP contribution in [0.2, 0.25) is 0 Å². The molecule has 0 bridgehead atoms. The fraction of sp³-hybridized carbons (Fsp3) is 0.111. The van der Waals surface area contributed by atoms with E-state index in [0.717, 1.165) is 17.0 Å². The first-order valence-electron chi connectivity index (χ1n) is 3.61. The predicted octanol–water partition coefficient (Wildman–Crippen LogP) is 2.31. The van der Waals surface area contributed by atoms with Crippen LogP contribution in [0.5, 0.6) is 0 Å². The van der Waals surface area contributed by atoms with Gasteiger partial charge in [-0.05, 0) is 18.6 Å². The zero-order valence-electron chi connectivity index (χ0n) is 6.61. The third-order valence-corrected chi connectivity index (χ3v) is 2.10. The minimum atomic E-state index is 0.903. The molecule has 2 aromatic heterocycles. The molecular weight excluding hydrogens is 168 g/mol. The summed E-state index contributed by atoms with van der Waals surface area (Å²) in [5, 5.41) is 1.94. The third-order valence-electron chi connectivity index (χ3n) is 1.56. The second-order valence-electron chi connectivity index (χ2n) is 2.54. The topological polar surface area (TPSA) is 25.8 Å². The smallest absolute Gasteiger partial charge is 0.152 e. The van der Waals surface area contributed by atoms with E-state index in [9.17, 15) is 0 Å². The minimum absolute atomic E-state index is 0.903. The van der Waals surface area contributed by atoms with E-state index in [2.05, 4.69) is 15.5 Å². The molecule has 3 heteroatoms. The van der Waals surface area contributed by atoms with Crippen LogP contribution in [0.4, 0.5) is 0 Å². The lowest BCUT2D eigenvalue weighted by molar-refractivity contribution is 1.24. The molecule has 0 aromatic carbocycles. The molecule has 0 aliphatic carbocycles. The zero-order chi connectivity index (χ0) is 8.39. The van der Waals surface area contributed by atoms with Gasteiger partial charge in [-0.25, -0.2) is 4.98 Å². The zero-order valence-corrected chi connectivity index (χ0v) is 7.43. The standard InChI is InChI=1S/C9H7N2S/c1-7-2-3-8(10-4-7)9-5-12-6-11-9/h2-5H,1H3. The van der Waals surface area contributed by atoms with Crippen molar-refractivity contribution in [2.75, 3.05) is 0 Å². The Morgan fingerprint density at radius 1 is 1.33 bits per heavy atom. The highest BCUT2D eigenvalue weighted by atomic mass is 32.1. The number of rotatable bonds is 1. The van der Waals surface area contributed by atoms with Crippen LogP contribution in [-0.2, 0) is 0 Å². The van der Waals surface area contributed by atoms with Gasteiger partial charge in [-0.1, -0.05) is 6.07 Å². The number of hydrogen-bond donors (Lipinski definition) is 0. The number of aromatic nitrogens is 2. The Labute approximate surface area is 74.9 Å². The highest BCUT2D eigenvalue weighted by Gasteiger charge is 1.99. The van der Waals surface area contributed by atoms with Crippen molar-refractivity contribution < 1.29 is 0 Å². The summed E-state index contributed by atoms with van der Waals surface area (Å²) in [5.41, 5.74) is 5.78. The third kappa shape index (κ3) is 1.36. The van der Waals surface area contributed by atoms with Gasteiger partial charge in [0.15, 0.2) is 5.51 Å². The molecule has 0 atom stereocenters. The summed E-state index contributed by atoms with van der Waals surface area (Å²) in [7, 11) is 0. The summed E-state index contributed by atoms with van der Waals surface area (Å²) in [6.07, 6.45) is 1.84. The van der Waals surface area contributed by atoms with Crippen molar-refractivity contribution in [1.29, 1.82) is 0 Å². The van der Waals surface area contributed by atoms with Gasteiger partial charge in [-0.2, -0.15) is 0 Å². The van der Waals surface area contributed by atoms with Gasteiger partial charge >= 0.3 is 0 Å². The molecule has 2 nitrogen and oxygen atoms in total. The molecule has 59 valence electrons. The molecular formula is C9H7N2S. The van der Waals surface area contributed by atoms with E-state index in [1.165, 1.54) is 11.3 Å². The molecule has 0 saturated heterocycles. The lowest BCUT2D eigenvalue weighted by Gasteiger charge is -1.94. The molecule has 12 heavy (non-hydrogen) atoms. The van der Waals surface area contributed by atoms with Gasteiger partial charge in [0.25, 0.3) is 0 Å². The summed E-state index contributed by atoms with van der Waals surface area (Å²) in [4.78, 5) is 8.29. The average molecular weight is 175 g/mol. The van der Waals surface area contributed by atoms with Crippen LogP contribution in [0.25, 0.3) is 11.4 Å². The molecule has 0 N–H and O–H groups in total. The van der Waals surface area contributed by atoms with Crippen LogP contribution in [0.1, 0.15) is 5.56 Å². The molecule has 0 spiro atoms. The van der Waals surface area contributed by atoms with Crippen LogP contribution in [0.15, 0.2) is 23.7 Å². The van der Waals surface area contributed by atoms with Crippen LogP contribution in [0, 0.1) is 12.4 Å². The van der Waals surface area contributed by atoms with Crippen LogP contribution in [-0.4, -0.2) is 9.97 Å². The Kier molecular flexibility index (Phi) is 1.87. The van der Waals surface area contributed by atoms with Gasteiger partial charge in [0.1, 0.15) is 5.69 Å². The van der Waals surface area contributed by atoms with Gasteiger partial charge < -0.3 is 0 Å². The van der Waals surface area contributed by atoms with Crippen molar-refractivity contribution in [2.45, 2.75) is 6.92 Å². The monoisotopic (exact) mass is 175 g/mol. The lowest BCUT2D eigenvalue weighted by atomic mass is 10.2. The maximum absolute atomic E-state index is 4.24. The predicted molar refractivity (Wildman–Crippen MR) is 48.9 cm³/mol. The fourth-order valence-electron chi connectivity index (χ4n) is 0.921. The second kappa shape index (κ2) is 3.03. The molecule has 0 amide bonds. The Hall–Kier alpha value is -1.22. The van der Waals surface area contributed by atoms with Crippen LogP contribution >= 0.6 is 11.3 Å². The van der Waals surface area contributed by atoms with E-state index in [4.69, 9.17) is 0 Å². The number of hydrogen-bond acceptors (Lipinski definition) is 3. The molecule has 2 aromatic rings. The Bertz CT molecular complexity index is 351. The molecule has 1 radical (unpaired) electrons. The first-order chi connectivity index (χ1) is 5.86. The van der Waals surface area contributed by atoms with E-state index in [-0.39, 0.29) is 0 Å². The summed E-state index contributed by atoms with van der Waals surface area (Å²) in [6, 6.07) is 4.00. The number of thiazole rings is 1. The minimum Gasteiger partial charge on any atom is -0.254 e. The molecule has 0 aliphatic heterocycles. The van der Waals surface area contributed by atoms with Crippen molar-refractivity contribution in [3.05, 3.63) is 34.8 Å². The number of aryl methyl sites for hydroxylation is 1. The van der Waals surface area contributed by atoms with Gasteiger partial charge in [0.05, 0.1) is 5.69 Å². The van der Waals surface area contributed by atoms with E-state index in [1.54, 1.807) is 0 Å². The molecule has 2 rings (SSSR count). The summed E-state index contributed by atoms with van der Waals surface area (Å²) >= 11 is 1.46. The van der Waals surface area contributed by atoms with Gasteiger partial charge in [0, 0.05) is 11.6 Å². The first kappa shape index (κ1) is 7.43. The number of nitrogens with zero attached hydrogens (tertiary/aromatic N) is 2. The summed E-state index contributed by atoms with van der Waals surface area (Å²) in [5.74, 6) is 0. The van der Waals surface area contributed by atoms with E-state index < -0.39 is 0 Å². The Balaban J connectivity index is 2.43. The quantitative estimate of drug-likeness (QED) is 0.664. The van der Waals surface area contributed by atoms with Gasteiger partial charge in [-0.15, -0.1) is 11.3 Å². The van der Waals surface area contributed by atoms with Crippen molar-refractivity contribution in [3.63, 3.8) is 0 Å². The number of pyridine rings is 1. The summed E-state index contributed by atoms with van der Waals surface area (Å²) in [6.45, 7) is 2.02. The normalized spacial score (nSPS) is 10.1. The summed E-state index contributed by atoms with van der Waals surface area (Å²) < 4.78 is 0. The van der Waals surface area contributed by atoms with Crippen molar-refractivity contribution in [2.24, 2.45) is 0 Å². The molecule has 0 fully saturated rings. The van der Waals surface area contributed by atoms with Crippen molar-refractivity contribution in [3.8, 4) is 11.4 Å². The van der Waals surface area contributed by atoms with E-state index >= 15 is 0 Å². The maximum atomic E-state index is 4.24. The fourth-order valence-corrected chi connectivity index (χ4v) is 1.41. The Morgan fingerprint density at radius 2 is 2.25 bits per heavy atom. The Morgan fingerprint density at radius 3 is 2.83 bits per heavy atom. The van der Waals surface area contributed by atoms with Crippen LogP contribution in [0.3, 0.4) is 0 Å². The molecule has 0 aliphatic rings. The molecule has 0 saturated carbocycles. The largest absolute Gasteiger partial charge is 0.254 e. The average Bonchev–Trinajstić information content (AvgIpc) is 2.58. The lowest BCUT2D eigenvalue weighted by Crippen LogP contribution is -1.82. The van der Waals surface area contributed by atoms with Crippen LogP contribution < -0.4 is 0 Å².